The van der Waals surface area contributed by atoms with Gasteiger partial charge < -0.3 is 9.90 Å². The van der Waals surface area contributed by atoms with Gasteiger partial charge in [-0.3, -0.25) is 9.78 Å². The molecule has 4 nitrogen and oxygen atoms in total. The highest BCUT2D eigenvalue weighted by molar-refractivity contribution is 7.17. The van der Waals surface area contributed by atoms with E-state index in [0.717, 1.165) is 21.2 Å². The summed E-state index contributed by atoms with van der Waals surface area (Å²) in [5, 5.41) is 14.3. The number of carboxylic acids is 1. The molecule has 0 aliphatic heterocycles. The summed E-state index contributed by atoms with van der Waals surface area (Å²) in [4.78, 5) is 26.8. The lowest BCUT2D eigenvalue weighted by Gasteiger charge is -2.05. The van der Waals surface area contributed by atoms with Crippen LogP contribution < -0.4 is 0 Å². The summed E-state index contributed by atoms with van der Waals surface area (Å²) in [5.41, 5.74) is 1.94. The molecule has 3 aromatic heterocycles. The Morgan fingerprint density at radius 3 is 3.00 bits per heavy atom. The van der Waals surface area contributed by atoms with E-state index in [1.807, 2.05) is 29.1 Å². The molecule has 0 amide bonds. The molecule has 21 heavy (non-hydrogen) atoms. The van der Waals surface area contributed by atoms with Gasteiger partial charge in [0.1, 0.15) is 6.29 Å². The molecular weight excluding hydrogens is 306 g/mol. The van der Waals surface area contributed by atoms with Crippen LogP contribution in [0.1, 0.15) is 17.2 Å². The molecule has 1 N–H and O–H groups in total. The maximum atomic E-state index is 11.2. The van der Waals surface area contributed by atoms with Gasteiger partial charge in [-0.15, -0.1) is 22.7 Å². The van der Waals surface area contributed by atoms with Crippen LogP contribution in [0.2, 0.25) is 0 Å². The van der Waals surface area contributed by atoms with Gasteiger partial charge in [0.05, 0.1) is 10.6 Å². The van der Waals surface area contributed by atoms with Gasteiger partial charge in [0.2, 0.25) is 0 Å². The van der Waals surface area contributed by atoms with Crippen molar-refractivity contribution in [1.82, 2.24) is 4.98 Å². The van der Waals surface area contributed by atoms with Crippen molar-refractivity contribution < 1.29 is 14.7 Å². The second-order valence-electron chi connectivity index (χ2n) is 4.55. The number of carbonyl (C=O) groups is 2. The van der Waals surface area contributed by atoms with Crippen LogP contribution in [0.5, 0.6) is 0 Å². The van der Waals surface area contributed by atoms with Crippen molar-refractivity contribution >= 4 is 45.0 Å². The Labute approximate surface area is 128 Å². The van der Waals surface area contributed by atoms with E-state index in [-0.39, 0.29) is 6.42 Å². The topological polar surface area (TPSA) is 67.3 Å². The largest absolute Gasteiger partial charge is 0.481 e. The van der Waals surface area contributed by atoms with Gasteiger partial charge in [0, 0.05) is 34.6 Å². The van der Waals surface area contributed by atoms with Gasteiger partial charge in [0.15, 0.2) is 0 Å². The minimum absolute atomic E-state index is 0.00378. The summed E-state index contributed by atoms with van der Waals surface area (Å²) >= 11 is 2.99. The third kappa shape index (κ3) is 2.59. The summed E-state index contributed by atoms with van der Waals surface area (Å²) in [6, 6.07) is 3.88. The third-order valence-corrected chi connectivity index (χ3v) is 5.18. The number of nitrogens with zero attached hydrogens (tertiary/aromatic N) is 1. The Hall–Kier alpha value is -2.05. The maximum absolute atomic E-state index is 11.2. The molecule has 0 saturated heterocycles. The molecule has 0 radical (unpaired) electrons. The fourth-order valence-electron chi connectivity index (χ4n) is 2.23. The number of fused-ring (bicyclic) bond motifs is 1. The van der Waals surface area contributed by atoms with Crippen molar-refractivity contribution in [2.24, 2.45) is 0 Å². The average Bonchev–Trinajstić information content (AvgIpc) is 3.12. The molecule has 1 atom stereocenters. The van der Waals surface area contributed by atoms with Crippen LogP contribution in [0.15, 0.2) is 35.3 Å². The SMILES string of the molecule is O=CCC(C(=O)O)c1cc(-c2cncc3sccc23)cs1. The highest BCUT2D eigenvalue weighted by atomic mass is 32.1. The number of rotatable bonds is 5. The number of thiophene rings is 2. The predicted octanol–water partition coefficient (Wildman–Crippen LogP) is 3.78. The van der Waals surface area contributed by atoms with Gasteiger partial charge in [-0.1, -0.05) is 0 Å². The normalized spacial score (nSPS) is 12.4. The van der Waals surface area contributed by atoms with Crippen molar-refractivity contribution in [3.63, 3.8) is 0 Å². The Kier molecular flexibility index (Phi) is 3.81. The predicted molar refractivity (Wildman–Crippen MR) is 84.0 cm³/mol. The van der Waals surface area contributed by atoms with E-state index in [9.17, 15) is 14.7 Å². The molecule has 3 aromatic rings. The van der Waals surface area contributed by atoms with Gasteiger partial charge in [-0.05, 0) is 28.5 Å². The summed E-state index contributed by atoms with van der Waals surface area (Å²) in [6.45, 7) is 0. The number of carbonyl (C=O) groups excluding carboxylic acids is 1. The molecule has 0 fully saturated rings. The molecular formula is C15H11NO3S2. The second kappa shape index (κ2) is 5.75. The van der Waals surface area contributed by atoms with E-state index in [1.54, 1.807) is 17.5 Å². The molecule has 0 aliphatic carbocycles. The summed E-state index contributed by atoms with van der Waals surface area (Å²) in [6.07, 6.45) is 4.26. The van der Waals surface area contributed by atoms with E-state index in [1.165, 1.54) is 11.3 Å². The lowest BCUT2D eigenvalue weighted by atomic mass is 10.0. The zero-order valence-electron chi connectivity index (χ0n) is 10.9. The molecule has 3 rings (SSSR count). The van der Waals surface area contributed by atoms with Crippen molar-refractivity contribution in [2.75, 3.05) is 0 Å². The summed E-state index contributed by atoms with van der Waals surface area (Å²) < 4.78 is 1.10. The number of aldehydes is 1. The highest BCUT2D eigenvalue weighted by Crippen LogP contribution is 2.36. The van der Waals surface area contributed by atoms with Crippen LogP contribution in [0.25, 0.3) is 21.2 Å². The molecule has 0 saturated carbocycles. The fraction of sp³-hybridized carbons (Fsp3) is 0.133. The van der Waals surface area contributed by atoms with Crippen LogP contribution in [0.3, 0.4) is 0 Å². The molecule has 0 aliphatic rings. The monoisotopic (exact) mass is 317 g/mol. The first-order valence-electron chi connectivity index (χ1n) is 6.27. The lowest BCUT2D eigenvalue weighted by molar-refractivity contribution is -0.139. The Morgan fingerprint density at radius 2 is 2.24 bits per heavy atom. The minimum atomic E-state index is -0.970. The first kappa shape index (κ1) is 13.9. The second-order valence-corrected chi connectivity index (χ2v) is 6.44. The Bertz CT molecular complexity index is 806. The quantitative estimate of drug-likeness (QED) is 0.727. The molecule has 0 spiro atoms. The fourth-order valence-corrected chi connectivity index (χ4v) is 4.03. The van der Waals surface area contributed by atoms with Crippen LogP contribution in [0.4, 0.5) is 0 Å². The molecule has 6 heteroatoms. The molecule has 3 heterocycles. The summed E-state index contributed by atoms with van der Waals surface area (Å²) in [7, 11) is 0. The standard InChI is InChI=1S/C15H11NO3S2/c17-3-1-11(15(18)19)13-5-9(8-21-13)12-6-16-7-14-10(12)2-4-20-14/h2-8,11H,1H2,(H,18,19). The van der Waals surface area contributed by atoms with Gasteiger partial charge in [-0.25, -0.2) is 0 Å². The minimum Gasteiger partial charge on any atom is -0.481 e. The van der Waals surface area contributed by atoms with E-state index < -0.39 is 11.9 Å². The summed E-state index contributed by atoms with van der Waals surface area (Å²) in [5.74, 6) is -1.74. The maximum Gasteiger partial charge on any atom is 0.312 e. The molecule has 0 aromatic carbocycles. The van der Waals surface area contributed by atoms with Gasteiger partial charge in [-0.2, -0.15) is 0 Å². The van der Waals surface area contributed by atoms with Gasteiger partial charge in [0.25, 0.3) is 0 Å². The lowest BCUT2D eigenvalue weighted by Crippen LogP contribution is -2.10. The Morgan fingerprint density at radius 1 is 1.38 bits per heavy atom. The van der Waals surface area contributed by atoms with E-state index in [4.69, 9.17) is 0 Å². The van der Waals surface area contributed by atoms with E-state index in [2.05, 4.69) is 4.98 Å². The number of aliphatic carboxylic acids is 1. The van der Waals surface area contributed by atoms with Crippen molar-refractivity contribution in [3.8, 4) is 11.1 Å². The number of aromatic nitrogens is 1. The zero-order chi connectivity index (χ0) is 14.8. The van der Waals surface area contributed by atoms with Crippen LogP contribution in [-0.2, 0) is 9.59 Å². The van der Waals surface area contributed by atoms with Crippen LogP contribution in [-0.4, -0.2) is 22.3 Å². The third-order valence-electron chi connectivity index (χ3n) is 3.28. The zero-order valence-corrected chi connectivity index (χ0v) is 12.5. The average molecular weight is 317 g/mol. The number of hydrogen-bond acceptors (Lipinski definition) is 5. The highest BCUT2D eigenvalue weighted by Gasteiger charge is 2.21. The Balaban J connectivity index is 2.03. The molecule has 1 unspecified atom stereocenters. The van der Waals surface area contributed by atoms with Gasteiger partial charge >= 0.3 is 5.97 Å². The van der Waals surface area contributed by atoms with Crippen LogP contribution >= 0.6 is 22.7 Å². The van der Waals surface area contributed by atoms with Crippen molar-refractivity contribution in [3.05, 3.63) is 40.2 Å². The first-order valence-corrected chi connectivity index (χ1v) is 8.03. The van der Waals surface area contributed by atoms with E-state index in [0.29, 0.717) is 11.2 Å². The van der Waals surface area contributed by atoms with Crippen molar-refractivity contribution in [2.45, 2.75) is 12.3 Å². The number of pyridine rings is 1. The first-order chi connectivity index (χ1) is 10.2. The number of hydrogen-bond donors (Lipinski definition) is 1. The van der Waals surface area contributed by atoms with Crippen molar-refractivity contribution in [1.29, 1.82) is 0 Å². The molecule has 0 bridgehead atoms. The smallest absolute Gasteiger partial charge is 0.312 e. The van der Waals surface area contributed by atoms with Crippen LogP contribution in [0, 0.1) is 0 Å². The number of carboxylic acid groups (broad SMARTS) is 1. The molecule has 106 valence electrons. The van der Waals surface area contributed by atoms with E-state index >= 15 is 0 Å².